The molecule has 1 N–H and O–H groups in total. The monoisotopic (exact) mass is 269 g/mol. The number of hydrogen-bond acceptors (Lipinski definition) is 2. The lowest BCUT2D eigenvalue weighted by Crippen LogP contribution is -2.23. The van der Waals surface area contributed by atoms with Gasteiger partial charge in [0.2, 0.25) is 0 Å². The van der Waals surface area contributed by atoms with Gasteiger partial charge >= 0.3 is 0 Å². The van der Waals surface area contributed by atoms with Gasteiger partial charge in [0.05, 0.1) is 7.11 Å². The van der Waals surface area contributed by atoms with Crippen LogP contribution in [0.1, 0.15) is 23.7 Å². The first-order chi connectivity index (χ1) is 9.76. The molecule has 0 saturated carbocycles. The minimum absolute atomic E-state index is 0.0494. The first-order valence-electron chi connectivity index (χ1n) is 6.78. The summed E-state index contributed by atoms with van der Waals surface area (Å²) >= 11 is 0. The van der Waals surface area contributed by atoms with Crippen LogP contribution in [-0.2, 0) is 0 Å². The third-order valence-electron chi connectivity index (χ3n) is 3.08. The van der Waals surface area contributed by atoms with Crippen molar-refractivity contribution in [1.29, 1.82) is 0 Å². The fourth-order valence-electron chi connectivity index (χ4n) is 2.03. The van der Waals surface area contributed by atoms with E-state index in [9.17, 15) is 4.79 Å². The van der Waals surface area contributed by atoms with Gasteiger partial charge in [-0.3, -0.25) is 4.79 Å². The average Bonchev–Trinajstić information content (AvgIpc) is 2.52. The van der Waals surface area contributed by atoms with Gasteiger partial charge in [-0.05, 0) is 30.2 Å². The second-order valence-electron chi connectivity index (χ2n) is 4.54. The van der Waals surface area contributed by atoms with E-state index in [2.05, 4.69) is 5.32 Å². The predicted octanol–water partition coefficient (Wildman–Crippen LogP) is 3.50. The van der Waals surface area contributed by atoms with Crippen LogP contribution in [0.25, 0.3) is 11.1 Å². The lowest BCUT2D eigenvalue weighted by molar-refractivity contribution is 0.0953. The zero-order valence-corrected chi connectivity index (χ0v) is 11.8. The van der Waals surface area contributed by atoms with Gasteiger partial charge in [-0.25, -0.2) is 0 Å². The quantitative estimate of drug-likeness (QED) is 0.902. The normalized spacial score (nSPS) is 10.1. The lowest BCUT2D eigenvalue weighted by Gasteiger charge is -2.11. The second-order valence-corrected chi connectivity index (χ2v) is 4.54. The SMILES string of the molecule is CCCNC(=O)c1ccc(OC)c(-c2ccccc2)c1. The molecule has 2 rings (SSSR count). The maximum absolute atomic E-state index is 12.0. The zero-order valence-electron chi connectivity index (χ0n) is 11.8. The molecule has 0 aliphatic rings. The highest BCUT2D eigenvalue weighted by atomic mass is 16.5. The number of carbonyl (C=O) groups is 1. The topological polar surface area (TPSA) is 38.3 Å². The van der Waals surface area contributed by atoms with Crippen LogP contribution in [0.4, 0.5) is 0 Å². The smallest absolute Gasteiger partial charge is 0.251 e. The Bertz CT molecular complexity index is 579. The number of hydrogen-bond donors (Lipinski definition) is 1. The first-order valence-corrected chi connectivity index (χ1v) is 6.78. The van der Waals surface area contributed by atoms with E-state index in [1.165, 1.54) is 0 Å². The van der Waals surface area contributed by atoms with E-state index < -0.39 is 0 Å². The van der Waals surface area contributed by atoms with Crippen molar-refractivity contribution in [2.45, 2.75) is 13.3 Å². The van der Waals surface area contributed by atoms with E-state index in [4.69, 9.17) is 4.74 Å². The Morgan fingerprint density at radius 3 is 2.55 bits per heavy atom. The van der Waals surface area contributed by atoms with E-state index in [0.717, 1.165) is 23.3 Å². The number of benzene rings is 2. The number of nitrogens with one attached hydrogen (secondary N) is 1. The molecule has 0 bridgehead atoms. The van der Waals surface area contributed by atoms with E-state index in [0.29, 0.717) is 12.1 Å². The average molecular weight is 269 g/mol. The van der Waals surface area contributed by atoms with E-state index in [-0.39, 0.29) is 5.91 Å². The van der Waals surface area contributed by atoms with Crippen LogP contribution in [0.2, 0.25) is 0 Å². The van der Waals surface area contributed by atoms with E-state index in [1.807, 2.05) is 49.4 Å². The second kappa shape index (κ2) is 6.75. The highest BCUT2D eigenvalue weighted by Gasteiger charge is 2.11. The van der Waals surface area contributed by atoms with Crippen LogP contribution in [0.3, 0.4) is 0 Å². The molecule has 1 amide bonds. The summed E-state index contributed by atoms with van der Waals surface area (Å²) in [6, 6.07) is 15.4. The van der Waals surface area contributed by atoms with E-state index >= 15 is 0 Å². The van der Waals surface area contributed by atoms with Crippen LogP contribution < -0.4 is 10.1 Å². The van der Waals surface area contributed by atoms with Gasteiger partial charge in [0, 0.05) is 17.7 Å². The van der Waals surface area contributed by atoms with Gasteiger partial charge in [-0.15, -0.1) is 0 Å². The molecule has 0 saturated heterocycles. The van der Waals surface area contributed by atoms with Crippen LogP contribution in [0.15, 0.2) is 48.5 Å². The van der Waals surface area contributed by atoms with Crippen molar-refractivity contribution >= 4 is 5.91 Å². The standard InChI is InChI=1S/C17H19NO2/c1-3-11-18-17(19)14-9-10-16(20-2)15(12-14)13-7-5-4-6-8-13/h4-10,12H,3,11H2,1-2H3,(H,18,19). The molecule has 0 fully saturated rings. The Morgan fingerprint density at radius 1 is 1.15 bits per heavy atom. The summed E-state index contributed by atoms with van der Waals surface area (Å²) in [5.74, 6) is 0.718. The fraction of sp³-hybridized carbons (Fsp3) is 0.235. The van der Waals surface area contributed by atoms with Crippen molar-refractivity contribution in [3.05, 3.63) is 54.1 Å². The maximum atomic E-state index is 12.0. The molecule has 0 aromatic heterocycles. The molecule has 20 heavy (non-hydrogen) atoms. The van der Waals surface area contributed by atoms with Gasteiger partial charge in [0.15, 0.2) is 0 Å². The summed E-state index contributed by atoms with van der Waals surface area (Å²) in [5, 5.41) is 2.89. The number of carbonyl (C=O) groups excluding carboxylic acids is 1. The van der Waals surface area contributed by atoms with Gasteiger partial charge in [0.25, 0.3) is 5.91 Å². The van der Waals surface area contributed by atoms with Crippen molar-refractivity contribution in [3.8, 4) is 16.9 Å². The Hall–Kier alpha value is -2.29. The van der Waals surface area contributed by atoms with Crippen molar-refractivity contribution in [2.24, 2.45) is 0 Å². The minimum Gasteiger partial charge on any atom is -0.496 e. The van der Waals surface area contributed by atoms with Crippen molar-refractivity contribution in [1.82, 2.24) is 5.32 Å². The molecule has 2 aromatic rings. The van der Waals surface area contributed by atoms with Gasteiger partial charge < -0.3 is 10.1 Å². The van der Waals surface area contributed by atoms with Crippen LogP contribution >= 0.6 is 0 Å². The van der Waals surface area contributed by atoms with Crippen LogP contribution in [0.5, 0.6) is 5.75 Å². The molecular weight excluding hydrogens is 250 g/mol. The van der Waals surface area contributed by atoms with Gasteiger partial charge in [-0.2, -0.15) is 0 Å². The summed E-state index contributed by atoms with van der Waals surface area (Å²) in [6.45, 7) is 2.72. The summed E-state index contributed by atoms with van der Waals surface area (Å²) < 4.78 is 5.38. The minimum atomic E-state index is -0.0494. The molecule has 0 aliphatic heterocycles. The third kappa shape index (κ3) is 3.18. The fourth-order valence-corrected chi connectivity index (χ4v) is 2.03. The van der Waals surface area contributed by atoms with Gasteiger partial charge in [-0.1, -0.05) is 37.3 Å². The molecule has 104 valence electrons. The van der Waals surface area contributed by atoms with Crippen molar-refractivity contribution in [2.75, 3.05) is 13.7 Å². The first kappa shape index (κ1) is 14.1. The third-order valence-corrected chi connectivity index (χ3v) is 3.08. The largest absolute Gasteiger partial charge is 0.496 e. The predicted molar refractivity (Wildman–Crippen MR) is 81.1 cm³/mol. The number of ether oxygens (including phenoxy) is 1. The highest BCUT2D eigenvalue weighted by Crippen LogP contribution is 2.30. The molecule has 3 heteroatoms. The number of rotatable bonds is 5. The molecule has 0 unspecified atom stereocenters. The highest BCUT2D eigenvalue weighted by molar-refractivity contribution is 5.96. The Labute approximate surface area is 119 Å². The molecule has 0 spiro atoms. The Morgan fingerprint density at radius 2 is 1.90 bits per heavy atom. The molecule has 0 heterocycles. The summed E-state index contributed by atoms with van der Waals surface area (Å²) in [7, 11) is 1.64. The van der Waals surface area contributed by atoms with Crippen LogP contribution in [-0.4, -0.2) is 19.6 Å². The molecule has 3 nitrogen and oxygen atoms in total. The summed E-state index contributed by atoms with van der Waals surface area (Å²) in [6.07, 6.45) is 0.924. The Kier molecular flexibility index (Phi) is 4.77. The number of amides is 1. The molecule has 0 atom stereocenters. The molecular formula is C17H19NO2. The lowest BCUT2D eigenvalue weighted by atomic mass is 10.0. The number of methoxy groups -OCH3 is 1. The van der Waals surface area contributed by atoms with Gasteiger partial charge in [0.1, 0.15) is 5.75 Å². The van der Waals surface area contributed by atoms with E-state index in [1.54, 1.807) is 13.2 Å². The summed E-state index contributed by atoms with van der Waals surface area (Å²) in [4.78, 5) is 12.0. The maximum Gasteiger partial charge on any atom is 0.251 e. The molecule has 0 radical (unpaired) electrons. The zero-order chi connectivity index (χ0) is 14.4. The van der Waals surface area contributed by atoms with Crippen molar-refractivity contribution in [3.63, 3.8) is 0 Å². The van der Waals surface area contributed by atoms with Crippen LogP contribution in [0, 0.1) is 0 Å². The Balaban J connectivity index is 2.37. The molecule has 2 aromatic carbocycles. The molecule has 0 aliphatic carbocycles. The summed E-state index contributed by atoms with van der Waals surface area (Å²) in [5.41, 5.74) is 2.62. The van der Waals surface area contributed by atoms with Crippen molar-refractivity contribution < 1.29 is 9.53 Å².